The molecule has 0 bridgehead atoms. The molecule has 0 unspecified atom stereocenters. The summed E-state index contributed by atoms with van der Waals surface area (Å²) in [5.41, 5.74) is 6.22. The molecule has 0 spiro atoms. The summed E-state index contributed by atoms with van der Waals surface area (Å²) >= 11 is 0. The highest BCUT2D eigenvalue weighted by atomic mass is 16.1. The third-order valence-electron chi connectivity index (χ3n) is 5.84. The van der Waals surface area contributed by atoms with Crippen molar-refractivity contribution in [1.82, 2.24) is 20.2 Å². The molecule has 0 fully saturated rings. The SMILES string of the molecule is O=C1NCCn2c(-c3ccc(CNCCCc4ccccc4)cc3)nc3cccc1c32. The lowest BCUT2D eigenvalue weighted by molar-refractivity contribution is 0.0956. The van der Waals surface area contributed by atoms with Gasteiger partial charge < -0.3 is 15.2 Å². The Morgan fingerprint density at radius 1 is 0.935 bits per heavy atom. The van der Waals surface area contributed by atoms with Crippen molar-refractivity contribution in [2.24, 2.45) is 0 Å². The molecule has 0 saturated carbocycles. The van der Waals surface area contributed by atoms with E-state index >= 15 is 0 Å². The van der Waals surface area contributed by atoms with E-state index in [1.54, 1.807) is 0 Å². The Labute approximate surface area is 182 Å². The predicted molar refractivity (Wildman–Crippen MR) is 124 cm³/mol. The molecule has 1 aliphatic rings. The molecule has 2 N–H and O–H groups in total. The van der Waals surface area contributed by atoms with E-state index in [2.05, 4.69) is 69.8 Å². The zero-order chi connectivity index (χ0) is 21.0. The molecule has 1 amide bonds. The summed E-state index contributed by atoms with van der Waals surface area (Å²) < 4.78 is 2.17. The van der Waals surface area contributed by atoms with Crippen LogP contribution in [0, 0.1) is 0 Å². The lowest BCUT2D eigenvalue weighted by Crippen LogP contribution is -2.24. The first-order valence-electron chi connectivity index (χ1n) is 10.9. The van der Waals surface area contributed by atoms with Crippen molar-refractivity contribution < 1.29 is 4.79 Å². The first-order chi connectivity index (χ1) is 15.3. The highest BCUT2D eigenvalue weighted by molar-refractivity contribution is 6.06. The minimum absolute atomic E-state index is 0.0236. The van der Waals surface area contributed by atoms with E-state index in [0.29, 0.717) is 12.1 Å². The van der Waals surface area contributed by atoms with E-state index in [1.165, 1.54) is 11.1 Å². The summed E-state index contributed by atoms with van der Waals surface area (Å²) in [5, 5.41) is 6.51. The normalized spacial score (nSPS) is 13.2. The number of carbonyl (C=O) groups excluding carboxylic acids is 1. The second-order valence-corrected chi connectivity index (χ2v) is 7.98. The van der Waals surface area contributed by atoms with Crippen LogP contribution in [0.4, 0.5) is 0 Å². The average molecular weight is 411 g/mol. The molecule has 1 aromatic heterocycles. The summed E-state index contributed by atoms with van der Waals surface area (Å²) in [6.07, 6.45) is 2.23. The molecule has 5 rings (SSSR count). The van der Waals surface area contributed by atoms with Crippen molar-refractivity contribution in [2.75, 3.05) is 13.1 Å². The van der Waals surface area contributed by atoms with E-state index in [1.807, 2.05) is 18.2 Å². The van der Waals surface area contributed by atoms with Crippen molar-refractivity contribution in [1.29, 1.82) is 0 Å². The van der Waals surface area contributed by atoms with Crippen molar-refractivity contribution in [2.45, 2.75) is 25.9 Å². The number of hydrogen-bond donors (Lipinski definition) is 2. The maximum atomic E-state index is 12.4. The monoisotopic (exact) mass is 410 g/mol. The largest absolute Gasteiger partial charge is 0.350 e. The van der Waals surface area contributed by atoms with Crippen LogP contribution < -0.4 is 10.6 Å². The summed E-state index contributed by atoms with van der Waals surface area (Å²) in [6, 6.07) is 24.9. The number of nitrogens with zero attached hydrogens (tertiary/aromatic N) is 2. The Hall–Kier alpha value is -3.44. The minimum Gasteiger partial charge on any atom is -0.350 e. The van der Waals surface area contributed by atoms with Gasteiger partial charge in [-0.05, 0) is 42.6 Å². The number of nitrogens with one attached hydrogen (secondary N) is 2. The van der Waals surface area contributed by atoms with Crippen LogP contribution in [0.2, 0.25) is 0 Å². The molecule has 0 saturated heterocycles. The molecule has 5 heteroatoms. The first kappa shape index (κ1) is 19.5. The van der Waals surface area contributed by atoms with E-state index in [9.17, 15) is 4.79 Å². The molecule has 5 nitrogen and oxygen atoms in total. The fourth-order valence-electron chi connectivity index (χ4n) is 4.25. The van der Waals surface area contributed by atoms with Gasteiger partial charge in [-0.1, -0.05) is 60.7 Å². The summed E-state index contributed by atoms with van der Waals surface area (Å²) in [5.74, 6) is 0.894. The molecule has 1 aliphatic heterocycles. The molecule has 0 aliphatic carbocycles. The Morgan fingerprint density at radius 2 is 1.77 bits per heavy atom. The van der Waals surface area contributed by atoms with Gasteiger partial charge in [0.05, 0.1) is 16.6 Å². The van der Waals surface area contributed by atoms with Gasteiger partial charge in [0.25, 0.3) is 5.91 Å². The smallest absolute Gasteiger partial charge is 0.253 e. The van der Waals surface area contributed by atoms with Gasteiger partial charge in [0.1, 0.15) is 5.82 Å². The number of aryl methyl sites for hydroxylation is 1. The average Bonchev–Trinajstić information content (AvgIpc) is 3.09. The fourth-order valence-corrected chi connectivity index (χ4v) is 4.25. The molecular formula is C26H26N4O. The van der Waals surface area contributed by atoms with Gasteiger partial charge in [-0.2, -0.15) is 0 Å². The minimum atomic E-state index is -0.0236. The lowest BCUT2D eigenvalue weighted by atomic mass is 10.1. The van der Waals surface area contributed by atoms with Gasteiger partial charge in [0.2, 0.25) is 0 Å². The van der Waals surface area contributed by atoms with E-state index < -0.39 is 0 Å². The Bertz CT molecular complexity index is 1200. The number of hydrogen-bond acceptors (Lipinski definition) is 3. The van der Waals surface area contributed by atoms with Crippen LogP contribution in [0.1, 0.15) is 27.9 Å². The van der Waals surface area contributed by atoms with Crippen molar-refractivity contribution in [3.8, 4) is 11.4 Å². The molecular weight excluding hydrogens is 384 g/mol. The number of imidazole rings is 1. The van der Waals surface area contributed by atoms with Crippen molar-refractivity contribution in [3.63, 3.8) is 0 Å². The van der Waals surface area contributed by atoms with Crippen LogP contribution in [-0.2, 0) is 19.5 Å². The van der Waals surface area contributed by atoms with Crippen LogP contribution in [0.5, 0.6) is 0 Å². The molecule has 3 aromatic carbocycles. The molecule has 0 radical (unpaired) electrons. The third-order valence-corrected chi connectivity index (χ3v) is 5.84. The highest BCUT2D eigenvalue weighted by Gasteiger charge is 2.21. The predicted octanol–water partition coefficient (Wildman–Crippen LogP) is 4.17. The van der Waals surface area contributed by atoms with Crippen LogP contribution in [0.25, 0.3) is 22.4 Å². The van der Waals surface area contributed by atoms with Crippen LogP contribution in [-0.4, -0.2) is 28.5 Å². The lowest BCUT2D eigenvalue weighted by Gasteiger charge is -2.09. The number of para-hydroxylation sites is 1. The Morgan fingerprint density at radius 3 is 2.61 bits per heavy atom. The van der Waals surface area contributed by atoms with Crippen LogP contribution >= 0.6 is 0 Å². The van der Waals surface area contributed by atoms with E-state index in [0.717, 1.165) is 54.9 Å². The van der Waals surface area contributed by atoms with Gasteiger partial charge in [-0.3, -0.25) is 4.79 Å². The summed E-state index contributed by atoms with van der Waals surface area (Å²) in [4.78, 5) is 17.2. The Kier molecular flexibility index (Phi) is 5.50. The maximum Gasteiger partial charge on any atom is 0.253 e. The number of aromatic nitrogens is 2. The third kappa shape index (κ3) is 4.09. The molecule has 0 atom stereocenters. The second-order valence-electron chi connectivity index (χ2n) is 7.98. The Balaban J connectivity index is 1.26. The van der Waals surface area contributed by atoms with E-state index in [-0.39, 0.29) is 5.91 Å². The number of amides is 1. The molecule has 4 aromatic rings. The highest BCUT2D eigenvalue weighted by Crippen LogP contribution is 2.28. The molecule has 31 heavy (non-hydrogen) atoms. The zero-order valence-corrected chi connectivity index (χ0v) is 17.5. The number of rotatable bonds is 7. The van der Waals surface area contributed by atoms with Gasteiger partial charge >= 0.3 is 0 Å². The van der Waals surface area contributed by atoms with Crippen LogP contribution in [0.3, 0.4) is 0 Å². The van der Waals surface area contributed by atoms with Gasteiger partial charge in [-0.15, -0.1) is 0 Å². The number of benzene rings is 3. The quantitative estimate of drug-likeness (QED) is 0.450. The fraction of sp³-hybridized carbons (Fsp3) is 0.231. The van der Waals surface area contributed by atoms with Gasteiger partial charge in [-0.25, -0.2) is 4.98 Å². The standard InChI is InChI=1S/C26H26N4O/c31-26-22-9-4-10-23-24(22)30(17-16-28-26)25(29-23)21-13-11-20(12-14-21)18-27-15-5-8-19-6-2-1-3-7-19/h1-4,6-7,9-14,27H,5,8,15-18H2,(H,28,31). The zero-order valence-electron chi connectivity index (χ0n) is 17.5. The van der Waals surface area contributed by atoms with Gasteiger partial charge in [0.15, 0.2) is 0 Å². The summed E-state index contributed by atoms with van der Waals surface area (Å²) in [7, 11) is 0. The van der Waals surface area contributed by atoms with Crippen LogP contribution in [0.15, 0.2) is 72.8 Å². The maximum absolute atomic E-state index is 12.4. The number of carbonyl (C=O) groups is 1. The first-order valence-corrected chi connectivity index (χ1v) is 10.9. The molecule has 156 valence electrons. The van der Waals surface area contributed by atoms with Gasteiger partial charge in [0, 0.05) is 25.2 Å². The van der Waals surface area contributed by atoms with Crippen molar-refractivity contribution in [3.05, 3.63) is 89.5 Å². The second kappa shape index (κ2) is 8.74. The van der Waals surface area contributed by atoms with E-state index in [4.69, 9.17) is 4.98 Å². The van der Waals surface area contributed by atoms with Crippen molar-refractivity contribution >= 4 is 16.9 Å². The molecule has 2 heterocycles. The topological polar surface area (TPSA) is 59.0 Å². The summed E-state index contributed by atoms with van der Waals surface area (Å²) in [6.45, 7) is 3.18.